The molecule has 2 atom stereocenters. The number of hydrogen-bond acceptors (Lipinski definition) is 4. The van der Waals surface area contributed by atoms with Gasteiger partial charge >= 0.3 is 0 Å². The third kappa shape index (κ3) is 5.37. The molecule has 0 spiro atoms. The highest BCUT2D eigenvalue weighted by Crippen LogP contribution is 2.32. The Labute approximate surface area is 162 Å². The van der Waals surface area contributed by atoms with Crippen LogP contribution in [0.3, 0.4) is 0 Å². The number of hydrogen-bond donors (Lipinski definition) is 2. The molecule has 3 rings (SSSR count). The Morgan fingerprint density at radius 1 is 1.23 bits per heavy atom. The van der Waals surface area contributed by atoms with E-state index in [0.29, 0.717) is 11.9 Å². The molecule has 3 N–H and O–H groups in total. The minimum absolute atomic E-state index is 0. The molecule has 0 saturated carbocycles. The van der Waals surface area contributed by atoms with Crippen molar-refractivity contribution in [3.05, 3.63) is 34.9 Å². The first-order valence-corrected chi connectivity index (χ1v) is 9.70. The lowest BCUT2D eigenvalue weighted by Gasteiger charge is -2.38. The number of anilines is 2. The van der Waals surface area contributed by atoms with Crippen LogP contribution in [0.2, 0.25) is 5.02 Å². The molecule has 1 saturated heterocycles. The van der Waals surface area contributed by atoms with Gasteiger partial charge in [0.1, 0.15) is 0 Å². The summed E-state index contributed by atoms with van der Waals surface area (Å²) in [6, 6.07) is 8.25. The van der Waals surface area contributed by atoms with Crippen LogP contribution in [0.4, 0.5) is 11.9 Å². The van der Waals surface area contributed by atoms with Gasteiger partial charge in [0.15, 0.2) is 0 Å². The quantitative estimate of drug-likeness (QED) is 0.716. The molecular formula is C20H32ClN5. The number of aromatic nitrogens is 3. The fraction of sp³-hybridized carbons (Fsp3) is 0.600. The molecule has 1 fully saturated rings. The highest BCUT2D eigenvalue weighted by atomic mass is 35.5. The number of rotatable bonds is 7. The second kappa shape index (κ2) is 9.81. The Hall–Kier alpha value is -1.75. The van der Waals surface area contributed by atoms with Gasteiger partial charge in [0, 0.05) is 18.1 Å². The molecule has 1 aromatic carbocycles. The van der Waals surface area contributed by atoms with Crippen molar-refractivity contribution >= 4 is 23.5 Å². The fourth-order valence-corrected chi connectivity index (χ4v) is 4.09. The van der Waals surface area contributed by atoms with E-state index < -0.39 is 0 Å². The Bertz CT molecular complexity index is 654. The summed E-state index contributed by atoms with van der Waals surface area (Å²) in [4.78, 5) is 6.57. The average molecular weight is 378 g/mol. The third-order valence-corrected chi connectivity index (χ3v) is 5.53. The smallest absolute Gasteiger partial charge is 0.246 e. The molecule has 1 aliphatic heterocycles. The minimum atomic E-state index is 0. The molecule has 2 heterocycles. The summed E-state index contributed by atoms with van der Waals surface area (Å²) >= 11 is 5.96. The van der Waals surface area contributed by atoms with E-state index in [4.69, 9.17) is 17.3 Å². The minimum Gasteiger partial charge on any atom is -0.368 e. The lowest BCUT2D eigenvalue weighted by molar-refractivity contribution is 0.242. The van der Waals surface area contributed by atoms with Gasteiger partial charge in [-0.25, -0.2) is 5.10 Å². The number of nitrogens with two attached hydrogens (primary N) is 1. The van der Waals surface area contributed by atoms with Gasteiger partial charge in [-0.05, 0) is 61.6 Å². The van der Waals surface area contributed by atoms with Crippen LogP contribution in [-0.4, -0.2) is 28.3 Å². The first-order valence-electron chi connectivity index (χ1n) is 9.33. The summed E-state index contributed by atoms with van der Waals surface area (Å²) in [5.74, 6) is 2.65. The molecule has 144 valence electrons. The first kappa shape index (κ1) is 20.6. The topological polar surface area (TPSA) is 70.8 Å². The zero-order valence-corrected chi connectivity index (χ0v) is 15.7. The van der Waals surface area contributed by atoms with Crippen LogP contribution in [0.1, 0.15) is 52.0 Å². The van der Waals surface area contributed by atoms with Crippen molar-refractivity contribution < 1.29 is 0 Å². The third-order valence-electron chi connectivity index (χ3n) is 5.28. The van der Waals surface area contributed by atoms with Crippen LogP contribution in [-0.2, 0) is 6.42 Å². The van der Waals surface area contributed by atoms with Gasteiger partial charge in [-0.3, -0.25) is 0 Å². The molecule has 1 aliphatic rings. The van der Waals surface area contributed by atoms with E-state index in [9.17, 15) is 0 Å². The van der Waals surface area contributed by atoms with E-state index in [1.165, 1.54) is 37.7 Å². The van der Waals surface area contributed by atoms with Crippen LogP contribution in [0, 0.1) is 11.8 Å². The molecule has 5 nitrogen and oxygen atoms in total. The zero-order valence-electron chi connectivity index (χ0n) is 14.9. The number of benzene rings is 1. The molecule has 0 radical (unpaired) electrons. The monoisotopic (exact) mass is 377 g/mol. The second-order valence-corrected chi connectivity index (χ2v) is 7.52. The lowest BCUT2D eigenvalue weighted by atomic mass is 9.79. The van der Waals surface area contributed by atoms with Crippen molar-refractivity contribution in [2.24, 2.45) is 11.8 Å². The molecule has 0 aliphatic carbocycles. The van der Waals surface area contributed by atoms with Gasteiger partial charge in [-0.2, -0.15) is 4.98 Å². The number of nitrogens with zero attached hydrogens (tertiary/aromatic N) is 3. The predicted molar refractivity (Wildman–Crippen MR) is 111 cm³/mol. The number of halogens is 1. The summed E-state index contributed by atoms with van der Waals surface area (Å²) in [6.07, 6.45) is 7.36. The van der Waals surface area contributed by atoms with E-state index in [2.05, 4.69) is 39.1 Å². The van der Waals surface area contributed by atoms with E-state index in [-0.39, 0.29) is 7.43 Å². The van der Waals surface area contributed by atoms with Crippen LogP contribution in [0.25, 0.3) is 0 Å². The van der Waals surface area contributed by atoms with Crippen LogP contribution in [0.5, 0.6) is 0 Å². The summed E-state index contributed by atoms with van der Waals surface area (Å²) in [7, 11) is 0. The summed E-state index contributed by atoms with van der Waals surface area (Å²) in [5.41, 5.74) is 7.05. The Kier molecular flexibility index (Phi) is 7.76. The van der Waals surface area contributed by atoms with E-state index >= 15 is 0 Å². The fourth-order valence-electron chi connectivity index (χ4n) is 3.97. The molecule has 0 amide bonds. The standard InChI is InChI=1S/C19H28ClN5.CH4/c1-2-4-16-13-25(19-22-18(21)23-24-19)12-11-15(16)6-3-5-14-7-9-17(20)10-8-14;/h7-10,15-16H,2-6,11-13H2,1H3,(H3,21,22,23,24);1H4. The average Bonchev–Trinajstić information content (AvgIpc) is 3.04. The van der Waals surface area contributed by atoms with Gasteiger partial charge in [0.05, 0.1) is 0 Å². The van der Waals surface area contributed by atoms with Crippen molar-refractivity contribution in [2.45, 2.75) is 52.9 Å². The summed E-state index contributed by atoms with van der Waals surface area (Å²) in [5, 5.41) is 7.78. The highest BCUT2D eigenvalue weighted by molar-refractivity contribution is 6.30. The van der Waals surface area contributed by atoms with Gasteiger partial charge in [0.25, 0.3) is 0 Å². The van der Waals surface area contributed by atoms with Crippen molar-refractivity contribution in [2.75, 3.05) is 23.7 Å². The lowest BCUT2D eigenvalue weighted by Crippen LogP contribution is -2.41. The Balaban J connectivity index is 0.00000243. The molecule has 26 heavy (non-hydrogen) atoms. The number of aryl methyl sites for hydroxylation is 1. The largest absolute Gasteiger partial charge is 0.368 e. The highest BCUT2D eigenvalue weighted by Gasteiger charge is 2.29. The van der Waals surface area contributed by atoms with E-state index in [1.807, 2.05) is 12.1 Å². The van der Waals surface area contributed by atoms with Gasteiger partial charge < -0.3 is 10.6 Å². The van der Waals surface area contributed by atoms with Crippen LogP contribution >= 0.6 is 11.6 Å². The van der Waals surface area contributed by atoms with Gasteiger partial charge in [0.2, 0.25) is 11.9 Å². The zero-order chi connectivity index (χ0) is 17.6. The number of H-pyrrole nitrogens is 1. The Morgan fingerprint density at radius 2 is 2.00 bits per heavy atom. The van der Waals surface area contributed by atoms with Crippen molar-refractivity contribution in [1.82, 2.24) is 15.2 Å². The number of nitrogen functional groups attached to an aromatic ring is 1. The number of aromatic amines is 1. The SMILES string of the molecule is C.CCCC1CN(c2n[nH]c(N)n2)CCC1CCCc1ccc(Cl)cc1. The predicted octanol–water partition coefficient (Wildman–Crippen LogP) is 4.94. The Morgan fingerprint density at radius 3 is 2.65 bits per heavy atom. The molecule has 1 aromatic heterocycles. The van der Waals surface area contributed by atoms with Crippen LogP contribution in [0.15, 0.2) is 24.3 Å². The molecule has 6 heteroatoms. The molecule has 2 unspecified atom stereocenters. The summed E-state index contributed by atoms with van der Waals surface area (Å²) < 4.78 is 0. The summed E-state index contributed by atoms with van der Waals surface area (Å²) in [6.45, 7) is 4.33. The number of piperidine rings is 1. The normalized spacial score (nSPS) is 20.0. The van der Waals surface area contributed by atoms with Crippen molar-refractivity contribution in [3.63, 3.8) is 0 Å². The molecule has 2 aromatic rings. The maximum absolute atomic E-state index is 5.96. The van der Waals surface area contributed by atoms with Crippen molar-refractivity contribution in [1.29, 1.82) is 0 Å². The first-order chi connectivity index (χ1) is 12.2. The van der Waals surface area contributed by atoms with E-state index in [1.54, 1.807) is 0 Å². The van der Waals surface area contributed by atoms with Gasteiger partial charge in [-0.15, -0.1) is 5.10 Å². The van der Waals surface area contributed by atoms with Crippen LogP contribution < -0.4 is 10.6 Å². The second-order valence-electron chi connectivity index (χ2n) is 7.08. The molecule has 0 bridgehead atoms. The molecular weight excluding hydrogens is 346 g/mol. The number of nitrogens with one attached hydrogen (secondary N) is 1. The van der Waals surface area contributed by atoms with Crippen molar-refractivity contribution in [3.8, 4) is 0 Å². The van der Waals surface area contributed by atoms with Gasteiger partial charge in [-0.1, -0.05) is 44.5 Å². The maximum atomic E-state index is 5.96. The van der Waals surface area contributed by atoms with E-state index in [0.717, 1.165) is 36.4 Å². The maximum Gasteiger partial charge on any atom is 0.246 e.